The van der Waals surface area contributed by atoms with Crippen molar-refractivity contribution < 1.29 is 0 Å². The first kappa shape index (κ1) is 12.3. The Morgan fingerprint density at radius 1 is 1.32 bits per heavy atom. The van der Waals surface area contributed by atoms with Crippen LogP contribution in [0.15, 0.2) is 12.7 Å². The smallest absolute Gasteiger partial charge is 0.165 e. The summed E-state index contributed by atoms with van der Waals surface area (Å²) >= 11 is 0. The normalized spacial score (nSPS) is 20.4. The molecule has 1 atom stereocenters. The molecular weight excluding hydrogens is 240 g/mol. The fraction of sp³-hybridized carbons (Fsp3) is 0.615. The van der Waals surface area contributed by atoms with Crippen molar-refractivity contribution in [1.82, 2.24) is 24.4 Å². The van der Waals surface area contributed by atoms with E-state index < -0.39 is 0 Å². The van der Waals surface area contributed by atoms with Gasteiger partial charge in [-0.05, 0) is 32.7 Å². The number of nitrogens with two attached hydrogens (primary N) is 1. The van der Waals surface area contributed by atoms with Gasteiger partial charge in [0.15, 0.2) is 11.5 Å². The highest BCUT2D eigenvalue weighted by Crippen LogP contribution is 2.17. The lowest BCUT2D eigenvalue weighted by molar-refractivity contribution is 0.261. The number of nitrogens with zero attached hydrogens (tertiary/aromatic N) is 5. The molecule has 0 spiro atoms. The van der Waals surface area contributed by atoms with Gasteiger partial charge in [-0.1, -0.05) is 0 Å². The molecular formula is C13H20N6. The van der Waals surface area contributed by atoms with Crippen LogP contribution in [0.25, 0.3) is 11.2 Å². The molecule has 6 nitrogen and oxygen atoms in total. The average Bonchev–Trinajstić information content (AvgIpc) is 2.98. The number of imidazole rings is 1. The van der Waals surface area contributed by atoms with Gasteiger partial charge in [-0.3, -0.25) is 0 Å². The summed E-state index contributed by atoms with van der Waals surface area (Å²) < 4.78 is 2.06. The van der Waals surface area contributed by atoms with Crippen LogP contribution in [0.2, 0.25) is 0 Å². The third kappa shape index (κ3) is 2.40. The number of anilines is 1. The lowest BCUT2D eigenvalue weighted by Crippen LogP contribution is -2.28. The Balaban J connectivity index is 1.64. The van der Waals surface area contributed by atoms with Crippen molar-refractivity contribution >= 4 is 17.0 Å². The molecule has 0 aromatic carbocycles. The van der Waals surface area contributed by atoms with Gasteiger partial charge < -0.3 is 15.2 Å². The molecule has 19 heavy (non-hydrogen) atoms. The largest absolute Gasteiger partial charge is 0.382 e. The molecule has 0 amide bonds. The number of hydrogen-bond donors (Lipinski definition) is 1. The summed E-state index contributed by atoms with van der Waals surface area (Å²) in [6, 6.07) is 0.734. The van der Waals surface area contributed by atoms with Gasteiger partial charge in [0.05, 0.1) is 6.33 Å². The van der Waals surface area contributed by atoms with E-state index in [-0.39, 0.29) is 0 Å². The van der Waals surface area contributed by atoms with Gasteiger partial charge in [-0.25, -0.2) is 15.0 Å². The van der Waals surface area contributed by atoms with Crippen LogP contribution in [0.1, 0.15) is 26.2 Å². The first-order chi connectivity index (χ1) is 9.25. The molecule has 6 heteroatoms. The summed E-state index contributed by atoms with van der Waals surface area (Å²) in [6.45, 7) is 5.62. The molecule has 0 bridgehead atoms. The minimum Gasteiger partial charge on any atom is -0.382 e. The van der Waals surface area contributed by atoms with Crippen molar-refractivity contribution in [2.45, 2.75) is 38.8 Å². The van der Waals surface area contributed by atoms with E-state index in [0.717, 1.165) is 31.2 Å². The Morgan fingerprint density at radius 2 is 2.21 bits per heavy atom. The maximum absolute atomic E-state index is 5.78. The molecule has 3 rings (SSSR count). The molecule has 2 N–H and O–H groups in total. The van der Waals surface area contributed by atoms with Crippen molar-refractivity contribution in [3.63, 3.8) is 0 Å². The van der Waals surface area contributed by atoms with Gasteiger partial charge in [0.2, 0.25) is 0 Å². The van der Waals surface area contributed by atoms with Crippen LogP contribution in [0, 0.1) is 0 Å². The molecule has 1 aliphatic heterocycles. The van der Waals surface area contributed by atoms with Gasteiger partial charge in [0.1, 0.15) is 11.8 Å². The van der Waals surface area contributed by atoms with Crippen molar-refractivity contribution in [2.75, 3.05) is 18.8 Å². The Kier molecular flexibility index (Phi) is 3.33. The van der Waals surface area contributed by atoms with Crippen LogP contribution in [-0.4, -0.2) is 43.6 Å². The second kappa shape index (κ2) is 5.13. The molecule has 2 aromatic heterocycles. The summed E-state index contributed by atoms with van der Waals surface area (Å²) in [5, 5.41) is 0. The molecule has 0 radical (unpaired) electrons. The molecule has 1 aliphatic rings. The van der Waals surface area contributed by atoms with E-state index in [1.807, 2.05) is 6.33 Å². The van der Waals surface area contributed by atoms with Crippen LogP contribution in [0.3, 0.4) is 0 Å². The quantitative estimate of drug-likeness (QED) is 0.896. The number of aromatic nitrogens is 4. The van der Waals surface area contributed by atoms with Gasteiger partial charge in [0.25, 0.3) is 0 Å². The molecule has 2 aromatic rings. The standard InChI is InChI=1S/C13H20N6/c1-10-4-2-5-18(10)6-3-7-19-9-17-11-12(14)15-8-16-13(11)19/h8-10H,2-7H2,1H3,(H2,14,15,16). The Labute approximate surface area is 112 Å². The summed E-state index contributed by atoms with van der Waals surface area (Å²) in [5.74, 6) is 0.455. The van der Waals surface area contributed by atoms with E-state index in [0.29, 0.717) is 11.3 Å². The highest BCUT2D eigenvalue weighted by atomic mass is 15.2. The van der Waals surface area contributed by atoms with Crippen LogP contribution in [0.5, 0.6) is 0 Å². The van der Waals surface area contributed by atoms with Crippen LogP contribution in [0.4, 0.5) is 5.82 Å². The predicted molar refractivity (Wildman–Crippen MR) is 74.6 cm³/mol. The minimum atomic E-state index is 0.455. The summed E-state index contributed by atoms with van der Waals surface area (Å²) in [6.07, 6.45) is 7.08. The Bertz CT molecular complexity index is 563. The predicted octanol–water partition coefficient (Wildman–Crippen LogP) is 1.28. The zero-order chi connectivity index (χ0) is 13.2. The van der Waals surface area contributed by atoms with Crippen LogP contribution < -0.4 is 5.73 Å². The number of rotatable bonds is 4. The van der Waals surface area contributed by atoms with Crippen LogP contribution >= 0.6 is 0 Å². The third-order valence-electron chi connectivity index (χ3n) is 3.96. The van der Waals surface area contributed by atoms with Crippen molar-refractivity contribution in [3.05, 3.63) is 12.7 Å². The Hall–Kier alpha value is -1.69. The number of nitrogen functional groups attached to an aromatic ring is 1. The number of likely N-dealkylation sites (tertiary alicyclic amines) is 1. The van der Waals surface area contributed by atoms with E-state index in [9.17, 15) is 0 Å². The lowest BCUT2D eigenvalue weighted by Gasteiger charge is -2.20. The Morgan fingerprint density at radius 3 is 3.00 bits per heavy atom. The monoisotopic (exact) mass is 260 g/mol. The van der Waals surface area contributed by atoms with Crippen molar-refractivity contribution in [1.29, 1.82) is 0 Å². The fourth-order valence-corrected chi connectivity index (χ4v) is 2.83. The van der Waals surface area contributed by atoms with E-state index in [1.54, 1.807) is 0 Å². The lowest BCUT2D eigenvalue weighted by atomic mass is 10.2. The highest BCUT2D eigenvalue weighted by molar-refractivity contribution is 5.80. The first-order valence-corrected chi connectivity index (χ1v) is 6.91. The minimum absolute atomic E-state index is 0.455. The number of fused-ring (bicyclic) bond motifs is 1. The third-order valence-corrected chi connectivity index (χ3v) is 3.96. The molecule has 0 saturated carbocycles. The summed E-state index contributed by atoms with van der Waals surface area (Å²) in [7, 11) is 0. The van der Waals surface area contributed by atoms with Crippen LogP contribution in [-0.2, 0) is 6.54 Å². The maximum Gasteiger partial charge on any atom is 0.165 e. The molecule has 1 unspecified atom stereocenters. The highest BCUT2D eigenvalue weighted by Gasteiger charge is 2.19. The fourth-order valence-electron chi connectivity index (χ4n) is 2.83. The second-order valence-corrected chi connectivity index (χ2v) is 5.25. The molecule has 1 saturated heterocycles. The SMILES string of the molecule is CC1CCCN1CCCn1cnc2c(N)ncnc21. The summed E-state index contributed by atoms with van der Waals surface area (Å²) in [5.41, 5.74) is 7.32. The average molecular weight is 260 g/mol. The molecule has 102 valence electrons. The van der Waals surface area contributed by atoms with Gasteiger partial charge in [0, 0.05) is 19.1 Å². The number of hydrogen-bond acceptors (Lipinski definition) is 5. The van der Waals surface area contributed by atoms with Gasteiger partial charge >= 0.3 is 0 Å². The second-order valence-electron chi connectivity index (χ2n) is 5.25. The molecule has 3 heterocycles. The van der Waals surface area contributed by atoms with E-state index in [4.69, 9.17) is 5.73 Å². The zero-order valence-corrected chi connectivity index (χ0v) is 11.3. The first-order valence-electron chi connectivity index (χ1n) is 6.91. The maximum atomic E-state index is 5.78. The van der Waals surface area contributed by atoms with E-state index in [2.05, 4.69) is 31.3 Å². The van der Waals surface area contributed by atoms with Crippen molar-refractivity contribution in [3.8, 4) is 0 Å². The zero-order valence-electron chi connectivity index (χ0n) is 11.3. The van der Waals surface area contributed by atoms with E-state index >= 15 is 0 Å². The number of aryl methyl sites for hydroxylation is 1. The molecule has 0 aliphatic carbocycles. The van der Waals surface area contributed by atoms with Gasteiger partial charge in [-0.2, -0.15) is 0 Å². The molecule has 1 fully saturated rings. The summed E-state index contributed by atoms with van der Waals surface area (Å²) in [4.78, 5) is 15.1. The van der Waals surface area contributed by atoms with Crippen molar-refractivity contribution in [2.24, 2.45) is 0 Å². The van der Waals surface area contributed by atoms with E-state index in [1.165, 1.54) is 25.7 Å². The van der Waals surface area contributed by atoms with Gasteiger partial charge in [-0.15, -0.1) is 0 Å². The topological polar surface area (TPSA) is 72.9 Å².